The smallest absolute Gasteiger partial charge is 0.341 e. The fourth-order valence-corrected chi connectivity index (χ4v) is 1.65. The molecule has 4 nitrogen and oxygen atoms in total. The van der Waals surface area contributed by atoms with E-state index in [0.717, 1.165) is 17.4 Å². The average molecular weight is 289 g/mol. The van der Waals surface area contributed by atoms with Crippen LogP contribution < -0.4 is 0 Å². The molecular formula is C11H17BrN2O2. The first-order valence-corrected chi connectivity index (χ1v) is 6.18. The number of carbonyl (C=O) groups is 1. The number of carbonyl (C=O) groups excluding carboxylic acids is 1. The lowest BCUT2D eigenvalue weighted by Crippen LogP contribution is -2.20. The average Bonchev–Trinajstić information content (AvgIpc) is 2.59. The first-order chi connectivity index (χ1) is 7.41. The normalized spacial score (nSPS) is 11.6. The van der Waals surface area contributed by atoms with E-state index in [0.29, 0.717) is 5.56 Å². The standard InChI is InChI=1S/C11H17BrN2O2/c1-11(2,7-12)5-9-8(10(15)16-4)6-13-14(9)3/h6H,5,7H2,1-4H3. The van der Waals surface area contributed by atoms with Crippen molar-refractivity contribution in [3.63, 3.8) is 0 Å². The molecule has 0 unspecified atom stereocenters. The van der Waals surface area contributed by atoms with Gasteiger partial charge in [-0.2, -0.15) is 5.10 Å². The van der Waals surface area contributed by atoms with Crippen LogP contribution in [-0.2, 0) is 18.2 Å². The molecule has 0 N–H and O–H groups in total. The summed E-state index contributed by atoms with van der Waals surface area (Å²) in [7, 11) is 3.22. The van der Waals surface area contributed by atoms with Gasteiger partial charge in [-0.25, -0.2) is 4.79 Å². The summed E-state index contributed by atoms with van der Waals surface area (Å²) >= 11 is 3.47. The summed E-state index contributed by atoms with van der Waals surface area (Å²) in [5, 5.41) is 4.97. The van der Waals surface area contributed by atoms with E-state index < -0.39 is 0 Å². The van der Waals surface area contributed by atoms with E-state index in [4.69, 9.17) is 4.74 Å². The van der Waals surface area contributed by atoms with E-state index in [1.807, 2.05) is 7.05 Å². The number of esters is 1. The third kappa shape index (κ3) is 2.84. The van der Waals surface area contributed by atoms with Gasteiger partial charge in [-0.05, 0) is 11.8 Å². The van der Waals surface area contributed by atoms with Crippen molar-refractivity contribution in [2.24, 2.45) is 12.5 Å². The molecule has 0 saturated heterocycles. The fraction of sp³-hybridized carbons (Fsp3) is 0.636. The van der Waals surface area contributed by atoms with Crippen molar-refractivity contribution in [1.29, 1.82) is 0 Å². The highest BCUT2D eigenvalue weighted by Gasteiger charge is 2.24. The van der Waals surface area contributed by atoms with Crippen LogP contribution in [0.25, 0.3) is 0 Å². The van der Waals surface area contributed by atoms with E-state index in [1.54, 1.807) is 10.9 Å². The Kier molecular flexibility index (Phi) is 4.13. The Morgan fingerprint density at radius 2 is 2.25 bits per heavy atom. The highest BCUT2D eigenvalue weighted by molar-refractivity contribution is 9.09. The number of hydrogen-bond donors (Lipinski definition) is 0. The first kappa shape index (κ1) is 13.2. The molecule has 0 aliphatic carbocycles. The van der Waals surface area contributed by atoms with Crippen LogP contribution in [0.15, 0.2) is 6.20 Å². The summed E-state index contributed by atoms with van der Waals surface area (Å²) in [4.78, 5) is 11.5. The molecule has 0 aromatic carbocycles. The number of alkyl halides is 1. The van der Waals surface area contributed by atoms with Gasteiger partial charge in [0.2, 0.25) is 0 Å². The molecule has 0 bridgehead atoms. The number of ether oxygens (including phenoxy) is 1. The highest BCUT2D eigenvalue weighted by atomic mass is 79.9. The predicted molar refractivity (Wildman–Crippen MR) is 65.8 cm³/mol. The number of nitrogens with zero attached hydrogens (tertiary/aromatic N) is 2. The monoisotopic (exact) mass is 288 g/mol. The Bertz CT molecular complexity index is 385. The van der Waals surface area contributed by atoms with Gasteiger partial charge in [0.15, 0.2) is 0 Å². The maximum atomic E-state index is 11.5. The number of rotatable bonds is 4. The maximum absolute atomic E-state index is 11.5. The summed E-state index contributed by atoms with van der Waals surface area (Å²) in [6, 6.07) is 0. The maximum Gasteiger partial charge on any atom is 0.341 e. The van der Waals surface area contributed by atoms with Gasteiger partial charge in [-0.1, -0.05) is 29.8 Å². The third-order valence-corrected chi connectivity index (χ3v) is 3.99. The van der Waals surface area contributed by atoms with Crippen LogP contribution in [0, 0.1) is 5.41 Å². The number of hydrogen-bond acceptors (Lipinski definition) is 3. The first-order valence-electron chi connectivity index (χ1n) is 5.06. The molecule has 1 aromatic heterocycles. The summed E-state index contributed by atoms with van der Waals surface area (Å²) in [6.07, 6.45) is 2.34. The van der Waals surface area contributed by atoms with Crippen molar-refractivity contribution in [2.75, 3.05) is 12.4 Å². The Balaban J connectivity index is 3.03. The lowest BCUT2D eigenvalue weighted by Gasteiger charge is -2.21. The van der Waals surface area contributed by atoms with Crippen LogP contribution in [0.2, 0.25) is 0 Å². The van der Waals surface area contributed by atoms with Crippen LogP contribution >= 0.6 is 15.9 Å². The van der Waals surface area contributed by atoms with Crippen LogP contribution in [0.4, 0.5) is 0 Å². The summed E-state index contributed by atoms with van der Waals surface area (Å²) in [6.45, 7) is 4.27. The van der Waals surface area contributed by atoms with Gasteiger partial charge < -0.3 is 4.74 Å². The van der Waals surface area contributed by atoms with E-state index in [9.17, 15) is 4.79 Å². The number of halogens is 1. The zero-order valence-electron chi connectivity index (χ0n) is 10.1. The largest absolute Gasteiger partial charge is 0.465 e. The van der Waals surface area contributed by atoms with Crippen molar-refractivity contribution < 1.29 is 9.53 Å². The molecule has 0 spiro atoms. The minimum atomic E-state index is -0.325. The lowest BCUT2D eigenvalue weighted by molar-refractivity contribution is 0.0599. The molecule has 1 rings (SSSR count). The SMILES string of the molecule is COC(=O)c1cnn(C)c1CC(C)(C)CBr. The van der Waals surface area contributed by atoms with Gasteiger partial charge in [-0.15, -0.1) is 0 Å². The number of methoxy groups -OCH3 is 1. The molecule has 0 fully saturated rings. The van der Waals surface area contributed by atoms with Gasteiger partial charge in [0.25, 0.3) is 0 Å². The van der Waals surface area contributed by atoms with E-state index in [1.165, 1.54) is 7.11 Å². The number of aromatic nitrogens is 2. The van der Waals surface area contributed by atoms with E-state index in [-0.39, 0.29) is 11.4 Å². The van der Waals surface area contributed by atoms with Crippen LogP contribution in [-0.4, -0.2) is 28.2 Å². The minimum absolute atomic E-state index is 0.0799. The molecule has 5 heteroatoms. The van der Waals surface area contributed by atoms with Crippen LogP contribution in [0.3, 0.4) is 0 Å². The summed E-state index contributed by atoms with van der Waals surface area (Å²) in [5.74, 6) is -0.325. The zero-order chi connectivity index (χ0) is 12.3. The quantitative estimate of drug-likeness (QED) is 0.630. The van der Waals surface area contributed by atoms with Crippen molar-refractivity contribution in [1.82, 2.24) is 9.78 Å². The van der Waals surface area contributed by atoms with Crippen LogP contribution in [0.5, 0.6) is 0 Å². The fourth-order valence-electron chi connectivity index (χ4n) is 1.45. The zero-order valence-corrected chi connectivity index (χ0v) is 11.7. The second kappa shape index (κ2) is 4.99. The molecule has 0 saturated carbocycles. The minimum Gasteiger partial charge on any atom is -0.465 e. The molecular weight excluding hydrogens is 272 g/mol. The third-order valence-electron chi connectivity index (χ3n) is 2.47. The van der Waals surface area contributed by atoms with Crippen LogP contribution in [0.1, 0.15) is 29.9 Å². The van der Waals surface area contributed by atoms with Gasteiger partial charge >= 0.3 is 5.97 Å². The predicted octanol–water partition coefficient (Wildman–Crippen LogP) is 2.17. The summed E-state index contributed by atoms with van der Waals surface area (Å²) < 4.78 is 6.47. The second-order valence-corrected chi connectivity index (χ2v) is 5.16. The number of aryl methyl sites for hydroxylation is 1. The molecule has 1 heterocycles. The topological polar surface area (TPSA) is 44.1 Å². The molecule has 0 aliphatic rings. The Morgan fingerprint density at radius 1 is 1.62 bits per heavy atom. The Hall–Kier alpha value is -0.840. The Morgan fingerprint density at radius 3 is 2.75 bits per heavy atom. The Labute approximate surface area is 104 Å². The molecule has 0 radical (unpaired) electrons. The van der Waals surface area contributed by atoms with Crippen molar-refractivity contribution in [3.05, 3.63) is 17.5 Å². The van der Waals surface area contributed by atoms with E-state index >= 15 is 0 Å². The van der Waals surface area contributed by atoms with Gasteiger partial charge in [0.05, 0.1) is 19.0 Å². The van der Waals surface area contributed by atoms with Crippen molar-refractivity contribution in [2.45, 2.75) is 20.3 Å². The molecule has 1 aromatic rings. The summed E-state index contributed by atoms with van der Waals surface area (Å²) in [5.41, 5.74) is 1.55. The van der Waals surface area contributed by atoms with Crippen molar-refractivity contribution >= 4 is 21.9 Å². The molecule has 0 atom stereocenters. The van der Waals surface area contributed by atoms with Gasteiger partial charge in [0, 0.05) is 12.4 Å². The van der Waals surface area contributed by atoms with Gasteiger partial charge in [-0.3, -0.25) is 4.68 Å². The molecule has 0 aliphatic heterocycles. The second-order valence-electron chi connectivity index (χ2n) is 4.59. The van der Waals surface area contributed by atoms with Gasteiger partial charge in [0.1, 0.15) is 5.56 Å². The molecule has 90 valence electrons. The molecule has 0 amide bonds. The highest BCUT2D eigenvalue weighted by Crippen LogP contribution is 2.25. The van der Waals surface area contributed by atoms with Crippen molar-refractivity contribution in [3.8, 4) is 0 Å². The van der Waals surface area contributed by atoms with E-state index in [2.05, 4.69) is 34.9 Å². The lowest BCUT2D eigenvalue weighted by atomic mass is 9.89. The molecule has 16 heavy (non-hydrogen) atoms.